The third kappa shape index (κ3) is 2.53. The molecule has 1 aromatic heterocycles. The van der Waals surface area contributed by atoms with Crippen molar-refractivity contribution in [3.63, 3.8) is 0 Å². The first-order valence-electron chi connectivity index (χ1n) is 8.00. The normalized spacial score (nSPS) is 22.1. The van der Waals surface area contributed by atoms with Crippen LogP contribution in [0.2, 0.25) is 0 Å². The van der Waals surface area contributed by atoms with Gasteiger partial charge < -0.3 is 4.42 Å². The standard InChI is InChI=1S/C17H19F3N2O/c1-10(22-6-5-16(9-22)3-4-16)12-7-13(17(18,19)20)15-14(8-12)21-11(2)23-15/h7-8,10H,3-6,9H2,1-2H3/t10-/m0/s1. The number of aromatic nitrogens is 1. The fourth-order valence-corrected chi connectivity index (χ4v) is 3.71. The molecular weight excluding hydrogens is 305 g/mol. The van der Waals surface area contributed by atoms with Crippen molar-refractivity contribution in [3.05, 3.63) is 29.2 Å². The summed E-state index contributed by atoms with van der Waals surface area (Å²) in [6.07, 6.45) is -0.769. The van der Waals surface area contributed by atoms with Gasteiger partial charge >= 0.3 is 6.18 Å². The zero-order valence-corrected chi connectivity index (χ0v) is 13.2. The Morgan fingerprint density at radius 2 is 2.00 bits per heavy atom. The van der Waals surface area contributed by atoms with Crippen LogP contribution in [0.3, 0.4) is 0 Å². The van der Waals surface area contributed by atoms with Gasteiger partial charge in [-0.1, -0.05) is 0 Å². The largest absolute Gasteiger partial charge is 0.440 e. The molecule has 1 saturated heterocycles. The number of fused-ring (bicyclic) bond motifs is 1. The predicted molar refractivity (Wildman–Crippen MR) is 80.0 cm³/mol. The SMILES string of the molecule is Cc1nc2cc([C@H](C)N3CCC4(CC4)C3)cc(C(F)(F)F)c2o1. The van der Waals surface area contributed by atoms with E-state index in [1.54, 1.807) is 13.0 Å². The first-order valence-corrected chi connectivity index (χ1v) is 8.00. The number of hydrogen-bond donors (Lipinski definition) is 0. The smallest absolute Gasteiger partial charge is 0.420 e. The molecule has 2 aromatic rings. The number of oxazole rings is 1. The molecule has 0 bridgehead atoms. The third-order valence-electron chi connectivity index (χ3n) is 5.38. The van der Waals surface area contributed by atoms with Crippen LogP contribution >= 0.6 is 0 Å². The number of aryl methyl sites for hydroxylation is 1. The minimum Gasteiger partial charge on any atom is -0.440 e. The van der Waals surface area contributed by atoms with E-state index in [1.807, 2.05) is 6.92 Å². The molecule has 0 N–H and O–H groups in total. The van der Waals surface area contributed by atoms with E-state index in [2.05, 4.69) is 9.88 Å². The van der Waals surface area contributed by atoms with Crippen molar-refractivity contribution in [1.82, 2.24) is 9.88 Å². The molecule has 23 heavy (non-hydrogen) atoms. The van der Waals surface area contributed by atoms with Crippen molar-refractivity contribution >= 4 is 11.1 Å². The van der Waals surface area contributed by atoms with Gasteiger partial charge in [-0.15, -0.1) is 0 Å². The summed E-state index contributed by atoms with van der Waals surface area (Å²) in [6, 6.07) is 2.93. The number of halogens is 3. The fourth-order valence-electron chi connectivity index (χ4n) is 3.71. The molecule has 2 fully saturated rings. The van der Waals surface area contributed by atoms with Crippen molar-refractivity contribution in [3.8, 4) is 0 Å². The van der Waals surface area contributed by atoms with E-state index in [0.717, 1.165) is 19.5 Å². The number of benzene rings is 1. The second-order valence-corrected chi connectivity index (χ2v) is 7.04. The van der Waals surface area contributed by atoms with Gasteiger partial charge in [0.05, 0.1) is 0 Å². The molecule has 1 saturated carbocycles. The van der Waals surface area contributed by atoms with E-state index in [1.165, 1.54) is 18.9 Å². The predicted octanol–water partition coefficient (Wildman–Crippen LogP) is 4.70. The van der Waals surface area contributed by atoms with E-state index in [0.29, 0.717) is 16.5 Å². The highest BCUT2D eigenvalue weighted by atomic mass is 19.4. The van der Waals surface area contributed by atoms with Crippen LogP contribution < -0.4 is 0 Å². The molecule has 1 aliphatic heterocycles. The Kier molecular flexibility index (Phi) is 3.08. The lowest BCUT2D eigenvalue weighted by Crippen LogP contribution is -2.25. The molecule has 124 valence electrons. The van der Waals surface area contributed by atoms with Crippen LogP contribution in [0, 0.1) is 12.3 Å². The summed E-state index contributed by atoms with van der Waals surface area (Å²) in [5.41, 5.74) is 0.523. The highest BCUT2D eigenvalue weighted by Crippen LogP contribution is 2.54. The number of likely N-dealkylation sites (tertiary alicyclic amines) is 1. The molecular formula is C17H19F3N2O. The summed E-state index contributed by atoms with van der Waals surface area (Å²) >= 11 is 0. The quantitative estimate of drug-likeness (QED) is 0.802. The maximum atomic E-state index is 13.4. The number of hydrogen-bond acceptors (Lipinski definition) is 3. The monoisotopic (exact) mass is 324 g/mol. The molecule has 3 nitrogen and oxygen atoms in total. The second-order valence-electron chi connectivity index (χ2n) is 7.04. The molecule has 1 spiro atoms. The first kappa shape index (κ1) is 15.0. The van der Waals surface area contributed by atoms with Gasteiger partial charge in [0.15, 0.2) is 11.5 Å². The van der Waals surface area contributed by atoms with Gasteiger partial charge in [0.25, 0.3) is 0 Å². The van der Waals surface area contributed by atoms with E-state index >= 15 is 0 Å². The van der Waals surface area contributed by atoms with Crippen molar-refractivity contribution in [2.45, 2.75) is 45.3 Å². The van der Waals surface area contributed by atoms with Crippen LogP contribution in [0.25, 0.3) is 11.1 Å². The molecule has 0 radical (unpaired) electrons. The lowest BCUT2D eigenvalue weighted by Gasteiger charge is -2.25. The van der Waals surface area contributed by atoms with Crippen LogP contribution in [0.4, 0.5) is 13.2 Å². The molecule has 2 aliphatic rings. The van der Waals surface area contributed by atoms with Gasteiger partial charge in [-0.2, -0.15) is 13.2 Å². The summed E-state index contributed by atoms with van der Waals surface area (Å²) in [6.45, 7) is 5.50. The van der Waals surface area contributed by atoms with E-state index < -0.39 is 11.7 Å². The number of alkyl halides is 3. The Balaban J connectivity index is 1.74. The maximum absolute atomic E-state index is 13.4. The lowest BCUT2D eigenvalue weighted by molar-refractivity contribution is -0.136. The Bertz CT molecular complexity index is 761. The average molecular weight is 324 g/mol. The molecule has 1 aliphatic carbocycles. The highest BCUT2D eigenvalue weighted by molar-refractivity contribution is 5.78. The van der Waals surface area contributed by atoms with E-state index in [9.17, 15) is 13.2 Å². The van der Waals surface area contributed by atoms with Crippen molar-refractivity contribution in [2.75, 3.05) is 13.1 Å². The fraction of sp³-hybridized carbons (Fsp3) is 0.588. The second kappa shape index (κ2) is 4.72. The Morgan fingerprint density at radius 1 is 1.26 bits per heavy atom. The Hall–Kier alpha value is -1.56. The van der Waals surface area contributed by atoms with Gasteiger partial charge in [0.1, 0.15) is 11.1 Å². The molecule has 2 heterocycles. The lowest BCUT2D eigenvalue weighted by atomic mass is 10.0. The highest BCUT2D eigenvalue weighted by Gasteiger charge is 2.48. The Labute approximate surface area is 132 Å². The van der Waals surface area contributed by atoms with Gasteiger partial charge in [-0.05, 0) is 55.8 Å². The van der Waals surface area contributed by atoms with Gasteiger partial charge in [-0.25, -0.2) is 4.98 Å². The summed E-state index contributed by atoms with van der Waals surface area (Å²) in [5.74, 6) is 0.258. The molecule has 1 atom stereocenters. The van der Waals surface area contributed by atoms with Crippen molar-refractivity contribution in [1.29, 1.82) is 0 Å². The summed E-state index contributed by atoms with van der Waals surface area (Å²) in [7, 11) is 0. The third-order valence-corrected chi connectivity index (χ3v) is 5.38. The van der Waals surface area contributed by atoms with Gasteiger partial charge in [0.2, 0.25) is 0 Å². The van der Waals surface area contributed by atoms with Crippen LogP contribution in [-0.4, -0.2) is 23.0 Å². The molecule has 6 heteroatoms. The molecule has 0 unspecified atom stereocenters. The molecule has 4 rings (SSSR count). The maximum Gasteiger partial charge on any atom is 0.420 e. The minimum absolute atomic E-state index is 0.0440. The van der Waals surface area contributed by atoms with Crippen molar-refractivity contribution in [2.24, 2.45) is 5.41 Å². The number of rotatable bonds is 2. The van der Waals surface area contributed by atoms with Gasteiger partial charge in [-0.3, -0.25) is 4.90 Å². The minimum atomic E-state index is -4.44. The van der Waals surface area contributed by atoms with Crippen LogP contribution in [-0.2, 0) is 6.18 Å². The molecule has 0 amide bonds. The van der Waals surface area contributed by atoms with Crippen LogP contribution in [0.1, 0.15) is 49.2 Å². The summed E-state index contributed by atoms with van der Waals surface area (Å²) < 4.78 is 45.3. The molecule has 1 aromatic carbocycles. The van der Waals surface area contributed by atoms with Crippen molar-refractivity contribution < 1.29 is 17.6 Å². The zero-order valence-electron chi connectivity index (χ0n) is 13.2. The zero-order chi connectivity index (χ0) is 16.4. The summed E-state index contributed by atoms with van der Waals surface area (Å²) in [5, 5.41) is 0. The average Bonchev–Trinajstić information content (AvgIpc) is 2.91. The summed E-state index contributed by atoms with van der Waals surface area (Å²) in [4.78, 5) is 6.41. The first-order chi connectivity index (χ1) is 10.8. The Morgan fingerprint density at radius 3 is 2.61 bits per heavy atom. The van der Waals surface area contributed by atoms with Crippen LogP contribution in [0.5, 0.6) is 0 Å². The van der Waals surface area contributed by atoms with E-state index in [4.69, 9.17) is 4.42 Å². The number of nitrogens with zero attached hydrogens (tertiary/aromatic N) is 2. The topological polar surface area (TPSA) is 29.3 Å². The van der Waals surface area contributed by atoms with Gasteiger partial charge in [0, 0.05) is 19.5 Å². The van der Waals surface area contributed by atoms with E-state index in [-0.39, 0.29) is 17.5 Å². The van der Waals surface area contributed by atoms with Crippen LogP contribution in [0.15, 0.2) is 16.5 Å².